The summed E-state index contributed by atoms with van der Waals surface area (Å²) in [6.45, 7) is 0.868. The standard InChI is InChI=1S/C28H27F3N6O4/c1-37(2)12-13-39-23-14-17(8-10-32-23)24-20(6-7-22(25(24)28(29,30)31)41-19-4-3-5-19)35-26(38)21-16-40-27(36-21)18-9-11-33-34-15-18/h6-11,14-16,19H,3-5,12-13H2,1-2H3,(H,35,38). The molecule has 214 valence electrons. The van der Waals surface area contributed by atoms with Gasteiger partial charge in [0.15, 0.2) is 5.69 Å². The number of hydrogen-bond donors (Lipinski definition) is 1. The second-order valence-corrected chi connectivity index (χ2v) is 9.69. The van der Waals surface area contributed by atoms with E-state index in [0.29, 0.717) is 24.9 Å². The first-order valence-corrected chi connectivity index (χ1v) is 12.9. The van der Waals surface area contributed by atoms with E-state index >= 15 is 0 Å². The van der Waals surface area contributed by atoms with E-state index in [0.717, 1.165) is 12.7 Å². The van der Waals surface area contributed by atoms with Crippen molar-refractivity contribution in [1.29, 1.82) is 0 Å². The van der Waals surface area contributed by atoms with Crippen molar-refractivity contribution in [2.75, 3.05) is 32.6 Å². The first kappa shape index (κ1) is 28.0. The zero-order valence-electron chi connectivity index (χ0n) is 22.3. The molecular formula is C28H27F3N6O4. The van der Waals surface area contributed by atoms with Gasteiger partial charge in [0.25, 0.3) is 5.91 Å². The number of nitrogens with zero attached hydrogens (tertiary/aromatic N) is 5. The summed E-state index contributed by atoms with van der Waals surface area (Å²) < 4.78 is 60.9. The molecule has 0 aliphatic heterocycles. The van der Waals surface area contributed by atoms with Gasteiger partial charge in [-0.1, -0.05) is 0 Å². The fourth-order valence-corrected chi connectivity index (χ4v) is 4.13. The van der Waals surface area contributed by atoms with Crippen molar-refractivity contribution in [3.05, 3.63) is 66.4 Å². The summed E-state index contributed by atoms with van der Waals surface area (Å²) >= 11 is 0. The highest BCUT2D eigenvalue weighted by atomic mass is 19.4. The van der Waals surface area contributed by atoms with Crippen LogP contribution < -0.4 is 14.8 Å². The van der Waals surface area contributed by atoms with Gasteiger partial charge in [-0.05, 0) is 63.2 Å². The maximum atomic E-state index is 14.7. The number of alkyl halides is 3. The van der Waals surface area contributed by atoms with Crippen molar-refractivity contribution in [3.63, 3.8) is 0 Å². The Balaban J connectivity index is 1.54. The second-order valence-electron chi connectivity index (χ2n) is 9.69. The number of aromatic nitrogens is 4. The Morgan fingerprint density at radius 1 is 1.12 bits per heavy atom. The number of pyridine rings is 1. The molecule has 41 heavy (non-hydrogen) atoms. The molecule has 3 heterocycles. The topological polar surface area (TPSA) is 116 Å². The summed E-state index contributed by atoms with van der Waals surface area (Å²) in [7, 11) is 3.74. The van der Waals surface area contributed by atoms with Crippen LogP contribution in [0.5, 0.6) is 11.6 Å². The van der Waals surface area contributed by atoms with E-state index in [9.17, 15) is 18.0 Å². The molecule has 1 amide bonds. The number of nitrogens with one attached hydrogen (secondary N) is 1. The minimum atomic E-state index is -4.81. The largest absolute Gasteiger partial charge is 0.490 e. The molecule has 0 unspecified atom stereocenters. The molecular weight excluding hydrogens is 541 g/mol. The smallest absolute Gasteiger partial charge is 0.420 e. The number of benzene rings is 1. The van der Waals surface area contributed by atoms with Gasteiger partial charge in [-0.15, -0.1) is 0 Å². The molecule has 5 rings (SSSR count). The first-order valence-electron chi connectivity index (χ1n) is 12.9. The molecule has 4 aromatic rings. The SMILES string of the molecule is CN(C)CCOc1cc(-c2c(NC(=O)c3coc(-c4ccnnc4)n3)ccc(OC3CCC3)c2C(F)(F)F)ccn1. The van der Waals surface area contributed by atoms with Crippen LogP contribution in [0.15, 0.2) is 59.6 Å². The molecule has 0 bridgehead atoms. The number of anilines is 1. The van der Waals surface area contributed by atoms with Gasteiger partial charge in [-0.2, -0.15) is 23.4 Å². The number of carbonyl (C=O) groups is 1. The van der Waals surface area contributed by atoms with Crippen molar-refractivity contribution in [3.8, 4) is 34.2 Å². The van der Waals surface area contributed by atoms with E-state index in [2.05, 4.69) is 25.5 Å². The molecule has 0 saturated heterocycles. The van der Waals surface area contributed by atoms with Crippen LogP contribution in [0.4, 0.5) is 18.9 Å². The minimum absolute atomic E-state index is 0.0937. The van der Waals surface area contributed by atoms with Crippen LogP contribution in [0.2, 0.25) is 0 Å². The molecule has 1 N–H and O–H groups in total. The molecule has 1 saturated carbocycles. The Morgan fingerprint density at radius 3 is 2.61 bits per heavy atom. The lowest BCUT2D eigenvalue weighted by molar-refractivity contribution is -0.139. The Morgan fingerprint density at radius 2 is 1.93 bits per heavy atom. The Bertz CT molecular complexity index is 1510. The van der Waals surface area contributed by atoms with Gasteiger partial charge in [-0.25, -0.2) is 9.97 Å². The molecule has 10 nitrogen and oxygen atoms in total. The number of ether oxygens (including phenoxy) is 2. The molecule has 1 aromatic carbocycles. The van der Waals surface area contributed by atoms with Crippen LogP contribution >= 0.6 is 0 Å². The van der Waals surface area contributed by atoms with Crippen molar-refractivity contribution in [2.24, 2.45) is 0 Å². The molecule has 3 aromatic heterocycles. The minimum Gasteiger partial charge on any atom is -0.490 e. The summed E-state index contributed by atoms with van der Waals surface area (Å²) in [5, 5.41) is 10.0. The van der Waals surface area contributed by atoms with Crippen LogP contribution in [-0.4, -0.2) is 64.3 Å². The fraction of sp³-hybridized carbons (Fsp3) is 0.321. The molecule has 0 atom stereocenters. The van der Waals surface area contributed by atoms with Gasteiger partial charge in [0.2, 0.25) is 11.8 Å². The maximum Gasteiger partial charge on any atom is 0.420 e. The predicted molar refractivity (Wildman–Crippen MR) is 142 cm³/mol. The van der Waals surface area contributed by atoms with Gasteiger partial charge < -0.3 is 24.1 Å². The monoisotopic (exact) mass is 568 g/mol. The van der Waals surface area contributed by atoms with Gasteiger partial charge in [0, 0.05) is 30.1 Å². The average Bonchev–Trinajstić information content (AvgIpc) is 3.42. The molecule has 1 aliphatic rings. The van der Waals surface area contributed by atoms with E-state index in [1.165, 1.54) is 42.9 Å². The van der Waals surface area contributed by atoms with Crippen LogP contribution in [0.1, 0.15) is 35.3 Å². The number of hydrogen-bond acceptors (Lipinski definition) is 9. The third-order valence-electron chi connectivity index (χ3n) is 6.42. The highest BCUT2D eigenvalue weighted by molar-refractivity contribution is 6.05. The lowest BCUT2D eigenvalue weighted by Crippen LogP contribution is -2.26. The van der Waals surface area contributed by atoms with E-state index in [-0.39, 0.29) is 52.7 Å². The molecule has 1 fully saturated rings. The zero-order chi connectivity index (χ0) is 29.0. The third kappa shape index (κ3) is 6.62. The Kier molecular flexibility index (Phi) is 8.15. The number of halogens is 3. The van der Waals surface area contributed by atoms with Crippen molar-refractivity contribution in [1.82, 2.24) is 25.1 Å². The van der Waals surface area contributed by atoms with Gasteiger partial charge >= 0.3 is 6.18 Å². The summed E-state index contributed by atoms with van der Waals surface area (Å²) in [6.07, 6.45) is 2.44. The maximum absolute atomic E-state index is 14.7. The van der Waals surface area contributed by atoms with Gasteiger partial charge in [0.1, 0.15) is 24.2 Å². The normalized spacial score (nSPS) is 13.6. The lowest BCUT2D eigenvalue weighted by Gasteiger charge is -2.29. The quantitative estimate of drug-likeness (QED) is 0.271. The predicted octanol–water partition coefficient (Wildman–Crippen LogP) is 5.34. The molecule has 1 aliphatic carbocycles. The van der Waals surface area contributed by atoms with Gasteiger partial charge in [-0.3, -0.25) is 4.79 Å². The van der Waals surface area contributed by atoms with E-state index < -0.39 is 17.6 Å². The van der Waals surface area contributed by atoms with Crippen LogP contribution in [-0.2, 0) is 6.18 Å². The van der Waals surface area contributed by atoms with Crippen LogP contribution in [0.25, 0.3) is 22.6 Å². The molecule has 0 spiro atoms. The number of oxazole rings is 1. The number of rotatable bonds is 10. The van der Waals surface area contributed by atoms with Crippen molar-refractivity contribution in [2.45, 2.75) is 31.5 Å². The van der Waals surface area contributed by atoms with Crippen LogP contribution in [0, 0.1) is 0 Å². The molecule has 13 heteroatoms. The third-order valence-corrected chi connectivity index (χ3v) is 6.42. The summed E-state index contributed by atoms with van der Waals surface area (Å²) in [6, 6.07) is 7.05. The highest BCUT2D eigenvalue weighted by Gasteiger charge is 2.40. The number of amides is 1. The van der Waals surface area contributed by atoms with Crippen molar-refractivity contribution < 1.29 is 31.9 Å². The van der Waals surface area contributed by atoms with Crippen LogP contribution in [0.3, 0.4) is 0 Å². The molecule has 0 radical (unpaired) electrons. The van der Waals surface area contributed by atoms with E-state index in [1.54, 1.807) is 6.07 Å². The first-order chi connectivity index (χ1) is 19.7. The zero-order valence-corrected chi connectivity index (χ0v) is 22.3. The second kappa shape index (κ2) is 11.9. The van der Waals surface area contributed by atoms with Crippen molar-refractivity contribution >= 4 is 11.6 Å². The Labute approximate surface area is 233 Å². The summed E-state index contributed by atoms with van der Waals surface area (Å²) in [4.78, 5) is 23.4. The van der Waals surface area contributed by atoms with E-state index in [4.69, 9.17) is 13.9 Å². The number of likely N-dealkylation sites (N-methyl/N-ethyl adjacent to an activating group) is 1. The average molecular weight is 569 g/mol. The summed E-state index contributed by atoms with van der Waals surface area (Å²) in [5.74, 6) is -0.817. The number of carbonyl (C=O) groups excluding carboxylic acids is 1. The highest BCUT2D eigenvalue weighted by Crippen LogP contribution is 2.47. The summed E-state index contributed by atoms with van der Waals surface area (Å²) in [5.41, 5.74) is -0.876. The Hall–Kier alpha value is -4.52. The lowest BCUT2D eigenvalue weighted by atomic mass is 9.94. The fourth-order valence-electron chi connectivity index (χ4n) is 4.13. The van der Waals surface area contributed by atoms with E-state index in [1.807, 2.05) is 19.0 Å². The van der Waals surface area contributed by atoms with Gasteiger partial charge in [0.05, 0.1) is 24.1 Å².